The standard InChI is InChI=1S/C15H20N4OS/c1-9-16-14(19(4)8-12(20)18(2)3)13-10-6-5-7-11(10)21-15(13)17-9/h5-8H2,1-4H3. The lowest BCUT2D eigenvalue weighted by Gasteiger charge is -2.21. The van der Waals surface area contributed by atoms with Crippen molar-refractivity contribution in [2.45, 2.75) is 26.2 Å². The van der Waals surface area contributed by atoms with Gasteiger partial charge in [0.25, 0.3) is 0 Å². The van der Waals surface area contributed by atoms with Crippen LogP contribution in [0.5, 0.6) is 0 Å². The van der Waals surface area contributed by atoms with Gasteiger partial charge in [-0.25, -0.2) is 9.97 Å². The normalized spacial score (nSPS) is 13.5. The highest BCUT2D eigenvalue weighted by molar-refractivity contribution is 7.19. The molecule has 0 spiro atoms. The molecule has 2 aromatic heterocycles. The molecule has 0 aromatic carbocycles. The zero-order chi connectivity index (χ0) is 15.1. The molecule has 0 radical (unpaired) electrons. The Bertz CT molecular complexity index is 707. The fraction of sp³-hybridized carbons (Fsp3) is 0.533. The maximum Gasteiger partial charge on any atom is 0.241 e. The van der Waals surface area contributed by atoms with Crippen LogP contribution < -0.4 is 4.90 Å². The number of carbonyl (C=O) groups is 1. The van der Waals surface area contributed by atoms with E-state index in [4.69, 9.17) is 0 Å². The first kappa shape index (κ1) is 14.3. The van der Waals surface area contributed by atoms with E-state index < -0.39 is 0 Å². The lowest BCUT2D eigenvalue weighted by atomic mass is 10.2. The van der Waals surface area contributed by atoms with Crippen LogP contribution in [-0.2, 0) is 17.6 Å². The number of hydrogen-bond acceptors (Lipinski definition) is 5. The number of rotatable bonds is 3. The summed E-state index contributed by atoms with van der Waals surface area (Å²) in [6.45, 7) is 2.25. The monoisotopic (exact) mass is 304 g/mol. The van der Waals surface area contributed by atoms with Crippen LogP contribution >= 0.6 is 11.3 Å². The molecule has 112 valence electrons. The Morgan fingerprint density at radius 3 is 2.71 bits per heavy atom. The van der Waals surface area contributed by atoms with E-state index in [0.29, 0.717) is 6.54 Å². The quantitative estimate of drug-likeness (QED) is 0.870. The molecule has 1 aliphatic carbocycles. The number of likely N-dealkylation sites (N-methyl/N-ethyl adjacent to an activating group) is 2. The van der Waals surface area contributed by atoms with Gasteiger partial charge in [0.15, 0.2) is 0 Å². The van der Waals surface area contributed by atoms with Crippen LogP contribution in [0.3, 0.4) is 0 Å². The summed E-state index contributed by atoms with van der Waals surface area (Å²) in [5.74, 6) is 1.74. The maximum absolute atomic E-state index is 12.0. The second kappa shape index (κ2) is 5.26. The summed E-state index contributed by atoms with van der Waals surface area (Å²) in [5.41, 5.74) is 1.40. The van der Waals surface area contributed by atoms with E-state index in [1.54, 1.807) is 30.3 Å². The fourth-order valence-corrected chi connectivity index (χ4v) is 4.08. The van der Waals surface area contributed by atoms with Gasteiger partial charge >= 0.3 is 0 Å². The highest BCUT2D eigenvalue weighted by Crippen LogP contribution is 2.40. The molecule has 0 N–H and O–H groups in total. The third-order valence-corrected chi connectivity index (χ3v) is 5.08. The molecule has 0 saturated heterocycles. The molecule has 1 aliphatic rings. The number of anilines is 1. The van der Waals surface area contributed by atoms with Crippen molar-refractivity contribution in [2.24, 2.45) is 0 Å². The van der Waals surface area contributed by atoms with Crippen molar-refractivity contribution >= 4 is 33.3 Å². The van der Waals surface area contributed by atoms with E-state index in [9.17, 15) is 4.79 Å². The molecular weight excluding hydrogens is 284 g/mol. The first-order chi connectivity index (χ1) is 9.97. The minimum atomic E-state index is 0.0776. The molecule has 21 heavy (non-hydrogen) atoms. The third kappa shape index (κ3) is 2.48. The molecular formula is C15H20N4OS. The average Bonchev–Trinajstić information content (AvgIpc) is 2.97. The van der Waals surface area contributed by atoms with Crippen LogP contribution in [0, 0.1) is 6.92 Å². The van der Waals surface area contributed by atoms with Crippen LogP contribution in [0.4, 0.5) is 5.82 Å². The van der Waals surface area contributed by atoms with Crippen molar-refractivity contribution < 1.29 is 4.79 Å². The summed E-state index contributed by atoms with van der Waals surface area (Å²) < 4.78 is 0. The summed E-state index contributed by atoms with van der Waals surface area (Å²) in [6, 6.07) is 0. The average molecular weight is 304 g/mol. The van der Waals surface area contributed by atoms with E-state index in [-0.39, 0.29) is 5.91 Å². The van der Waals surface area contributed by atoms with Crippen LogP contribution in [0.2, 0.25) is 0 Å². The Balaban J connectivity index is 2.06. The smallest absolute Gasteiger partial charge is 0.241 e. The molecule has 0 fully saturated rings. The molecule has 1 amide bonds. The second-order valence-corrected chi connectivity index (χ2v) is 6.86. The Morgan fingerprint density at radius 1 is 1.24 bits per heavy atom. The zero-order valence-corrected chi connectivity index (χ0v) is 13.8. The van der Waals surface area contributed by atoms with Crippen molar-refractivity contribution in [3.8, 4) is 0 Å². The molecule has 6 heteroatoms. The first-order valence-corrected chi connectivity index (χ1v) is 7.99. The van der Waals surface area contributed by atoms with Gasteiger partial charge in [0, 0.05) is 26.0 Å². The summed E-state index contributed by atoms with van der Waals surface area (Å²) in [4.78, 5) is 27.2. The summed E-state index contributed by atoms with van der Waals surface area (Å²) in [7, 11) is 5.49. The van der Waals surface area contributed by atoms with Crippen molar-refractivity contribution in [1.29, 1.82) is 0 Å². The topological polar surface area (TPSA) is 49.3 Å². The second-order valence-electron chi connectivity index (χ2n) is 5.78. The number of aromatic nitrogens is 2. The Hall–Kier alpha value is -1.69. The van der Waals surface area contributed by atoms with Crippen molar-refractivity contribution in [2.75, 3.05) is 32.6 Å². The Morgan fingerprint density at radius 2 is 2.00 bits per heavy atom. The fourth-order valence-electron chi connectivity index (χ4n) is 2.78. The van der Waals surface area contributed by atoms with Gasteiger partial charge in [0.05, 0.1) is 11.9 Å². The van der Waals surface area contributed by atoms with Gasteiger partial charge < -0.3 is 9.80 Å². The summed E-state index contributed by atoms with van der Waals surface area (Å²) >= 11 is 1.78. The van der Waals surface area contributed by atoms with Crippen LogP contribution in [0.1, 0.15) is 22.7 Å². The van der Waals surface area contributed by atoms with E-state index >= 15 is 0 Å². The lowest BCUT2D eigenvalue weighted by molar-refractivity contribution is -0.127. The highest BCUT2D eigenvalue weighted by atomic mass is 32.1. The zero-order valence-electron chi connectivity index (χ0n) is 12.9. The number of nitrogens with zero attached hydrogens (tertiary/aromatic N) is 4. The van der Waals surface area contributed by atoms with E-state index in [0.717, 1.165) is 34.7 Å². The molecule has 5 nitrogen and oxygen atoms in total. The summed E-state index contributed by atoms with van der Waals surface area (Å²) in [5, 5.41) is 1.16. The Labute approximate surface area is 128 Å². The highest BCUT2D eigenvalue weighted by Gasteiger charge is 2.24. The largest absolute Gasteiger partial charge is 0.350 e. The van der Waals surface area contributed by atoms with Crippen LogP contribution in [-0.4, -0.2) is 48.5 Å². The predicted molar refractivity (Wildman–Crippen MR) is 86.1 cm³/mol. The minimum absolute atomic E-state index is 0.0776. The van der Waals surface area contributed by atoms with Crippen molar-refractivity contribution in [3.63, 3.8) is 0 Å². The first-order valence-electron chi connectivity index (χ1n) is 7.17. The van der Waals surface area contributed by atoms with Gasteiger partial charge in [-0.05, 0) is 31.7 Å². The SMILES string of the molecule is Cc1nc(N(C)CC(=O)N(C)C)c2c3c(sc2n1)CCC3. The predicted octanol–water partition coefficient (Wildman–Crippen LogP) is 2.01. The molecule has 2 aromatic rings. The van der Waals surface area contributed by atoms with E-state index in [2.05, 4.69) is 9.97 Å². The minimum Gasteiger partial charge on any atom is -0.350 e. The van der Waals surface area contributed by atoms with Gasteiger partial charge in [-0.1, -0.05) is 0 Å². The Kier molecular flexibility index (Phi) is 3.57. The third-order valence-electron chi connectivity index (χ3n) is 3.89. The van der Waals surface area contributed by atoms with Gasteiger partial charge in [0.2, 0.25) is 5.91 Å². The van der Waals surface area contributed by atoms with E-state index in [1.165, 1.54) is 16.9 Å². The molecule has 0 unspecified atom stereocenters. The molecule has 0 bridgehead atoms. The summed E-state index contributed by atoms with van der Waals surface area (Å²) in [6.07, 6.45) is 3.46. The van der Waals surface area contributed by atoms with Gasteiger partial charge in [-0.2, -0.15) is 0 Å². The number of fused-ring (bicyclic) bond motifs is 3. The number of thiophene rings is 1. The number of carbonyl (C=O) groups excluding carboxylic acids is 1. The van der Waals surface area contributed by atoms with Crippen molar-refractivity contribution in [3.05, 3.63) is 16.3 Å². The van der Waals surface area contributed by atoms with Gasteiger partial charge in [-0.15, -0.1) is 11.3 Å². The lowest BCUT2D eigenvalue weighted by Crippen LogP contribution is -2.35. The van der Waals surface area contributed by atoms with E-state index in [1.807, 2.05) is 18.9 Å². The number of aryl methyl sites for hydroxylation is 3. The van der Waals surface area contributed by atoms with Gasteiger partial charge in [-0.3, -0.25) is 4.79 Å². The molecule has 0 aliphatic heterocycles. The maximum atomic E-state index is 12.0. The van der Waals surface area contributed by atoms with Crippen molar-refractivity contribution in [1.82, 2.24) is 14.9 Å². The molecule has 0 saturated carbocycles. The molecule has 2 heterocycles. The molecule has 3 rings (SSSR count). The van der Waals surface area contributed by atoms with Gasteiger partial charge in [0.1, 0.15) is 16.5 Å². The van der Waals surface area contributed by atoms with Crippen LogP contribution in [0.25, 0.3) is 10.2 Å². The van der Waals surface area contributed by atoms with Crippen LogP contribution in [0.15, 0.2) is 0 Å². The molecule has 0 atom stereocenters. The number of hydrogen-bond donors (Lipinski definition) is 0. The number of amides is 1.